The average molecular weight is 476 g/mol. The Kier molecular flexibility index (Phi) is 6.01. The van der Waals surface area contributed by atoms with E-state index in [0.717, 1.165) is 44.5 Å². The Labute approximate surface area is 203 Å². The molecule has 1 fully saturated rings. The van der Waals surface area contributed by atoms with Crippen LogP contribution in [-0.2, 0) is 18.0 Å². The monoisotopic (exact) mass is 475 g/mol. The van der Waals surface area contributed by atoms with E-state index in [1.54, 1.807) is 6.92 Å². The molecule has 1 atom stereocenters. The van der Waals surface area contributed by atoms with Crippen molar-refractivity contribution in [3.05, 3.63) is 65.0 Å². The fourth-order valence-corrected chi connectivity index (χ4v) is 5.09. The second-order valence-electron chi connectivity index (χ2n) is 9.47. The molecule has 0 radical (unpaired) electrons. The standard InChI is InChI=1S/C27H29N3O5/c1-17-28-29-27(34-17)26-12-23-24(3-2-4-25(23)35-26)33-16-22(31)13-30-9-7-18(8-10-30)19-5-6-20-14-32-15-21(20)11-19/h2-6,11-12,18,22,31H,7-10,13-16H2,1H3/t22-/m0/s1. The number of piperidine rings is 1. The van der Waals surface area contributed by atoms with E-state index in [9.17, 15) is 5.11 Å². The molecule has 0 spiro atoms. The van der Waals surface area contributed by atoms with E-state index >= 15 is 0 Å². The van der Waals surface area contributed by atoms with Gasteiger partial charge in [0.25, 0.3) is 5.89 Å². The van der Waals surface area contributed by atoms with Crippen LogP contribution >= 0.6 is 0 Å². The van der Waals surface area contributed by atoms with Gasteiger partial charge in [-0.15, -0.1) is 10.2 Å². The lowest BCUT2D eigenvalue weighted by molar-refractivity contribution is 0.0599. The number of β-amino-alcohol motifs (C(OH)–C–C–N with tert-alkyl or cyclic N) is 1. The van der Waals surface area contributed by atoms with Crippen LogP contribution in [0.25, 0.3) is 22.6 Å². The maximum Gasteiger partial charge on any atom is 0.283 e. The maximum atomic E-state index is 10.7. The van der Waals surface area contributed by atoms with Crippen LogP contribution in [0.3, 0.4) is 0 Å². The predicted octanol–water partition coefficient (Wildman–Crippen LogP) is 4.44. The first-order valence-electron chi connectivity index (χ1n) is 12.2. The van der Waals surface area contributed by atoms with Crippen molar-refractivity contribution in [1.29, 1.82) is 0 Å². The summed E-state index contributed by atoms with van der Waals surface area (Å²) in [6, 6.07) is 14.2. The van der Waals surface area contributed by atoms with Crippen LogP contribution in [0.15, 0.2) is 51.3 Å². The Morgan fingerprint density at radius 2 is 1.91 bits per heavy atom. The molecule has 2 aliphatic heterocycles. The van der Waals surface area contributed by atoms with Gasteiger partial charge in [-0.1, -0.05) is 24.3 Å². The number of benzene rings is 2. The van der Waals surface area contributed by atoms with Crippen LogP contribution in [0.5, 0.6) is 5.75 Å². The van der Waals surface area contributed by atoms with Gasteiger partial charge in [-0.05, 0) is 60.7 Å². The highest BCUT2D eigenvalue weighted by Crippen LogP contribution is 2.34. The van der Waals surface area contributed by atoms with Crippen molar-refractivity contribution in [1.82, 2.24) is 15.1 Å². The van der Waals surface area contributed by atoms with Gasteiger partial charge in [-0.25, -0.2) is 0 Å². The summed E-state index contributed by atoms with van der Waals surface area (Å²) in [6.45, 7) is 5.96. The summed E-state index contributed by atoms with van der Waals surface area (Å²) in [5.74, 6) is 2.54. The van der Waals surface area contributed by atoms with Gasteiger partial charge in [0.15, 0.2) is 5.76 Å². The van der Waals surface area contributed by atoms with E-state index in [-0.39, 0.29) is 6.61 Å². The number of aliphatic hydroxyl groups is 1. The minimum absolute atomic E-state index is 0.212. The molecule has 2 aromatic heterocycles. The van der Waals surface area contributed by atoms with E-state index in [4.69, 9.17) is 18.3 Å². The Morgan fingerprint density at radius 1 is 1.06 bits per heavy atom. The van der Waals surface area contributed by atoms with Crippen LogP contribution in [0, 0.1) is 6.92 Å². The first kappa shape index (κ1) is 22.3. The van der Waals surface area contributed by atoms with E-state index in [1.807, 2.05) is 24.3 Å². The molecular formula is C27H29N3O5. The Hall–Kier alpha value is -3.20. The summed E-state index contributed by atoms with van der Waals surface area (Å²) < 4.78 is 22.9. The molecule has 0 unspecified atom stereocenters. The molecule has 8 heteroatoms. The lowest BCUT2D eigenvalue weighted by Crippen LogP contribution is -2.40. The number of hydrogen-bond donors (Lipinski definition) is 1. The van der Waals surface area contributed by atoms with Gasteiger partial charge in [0.1, 0.15) is 24.0 Å². The topological polar surface area (TPSA) is 94.0 Å². The third kappa shape index (κ3) is 4.69. The second kappa shape index (κ2) is 9.45. The highest BCUT2D eigenvalue weighted by atomic mass is 16.5. The van der Waals surface area contributed by atoms with Gasteiger partial charge >= 0.3 is 0 Å². The van der Waals surface area contributed by atoms with Crippen molar-refractivity contribution in [3.8, 4) is 17.4 Å². The number of aliphatic hydroxyl groups excluding tert-OH is 1. The number of fused-ring (bicyclic) bond motifs is 2. The van der Waals surface area contributed by atoms with Crippen LogP contribution < -0.4 is 4.74 Å². The number of hydrogen-bond acceptors (Lipinski definition) is 8. The molecule has 2 aliphatic rings. The molecule has 0 saturated carbocycles. The van der Waals surface area contributed by atoms with Gasteiger partial charge in [0.05, 0.1) is 18.6 Å². The van der Waals surface area contributed by atoms with E-state index < -0.39 is 6.10 Å². The molecule has 6 rings (SSSR count). The molecule has 8 nitrogen and oxygen atoms in total. The lowest BCUT2D eigenvalue weighted by atomic mass is 9.88. The molecule has 35 heavy (non-hydrogen) atoms. The van der Waals surface area contributed by atoms with Crippen LogP contribution in [0.1, 0.15) is 41.3 Å². The van der Waals surface area contributed by atoms with Gasteiger partial charge in [-0.3, -0.25) is 0 Å². The molecule has 2 aromatic carbocycles. The summed E-state index contributed by atoms with van der Waals surface area (Å²) >= 11 is 0. The summed E-state index contributed by atoms with van der Waals surface area (Å²) in [7, 11) is 0. The SMILES string of the molecule is Cc1nnc(-c2cc3c(OC[C@@H](O)CN4CCC(c5ccc6c(c5)COC6)CC4)cccc3o2)o1. The van der Waals surface area contributed by atoms with Crippen molar-refractivity contribution >= 4 is 11.0 Å². The Morgan fingerprint density at radius 3 is 2.74 bits per heavy atom. The number of aromatic nitrogens is 2. The Bertz CT molecular complexity index is 1320. The molecule has 4 aromatic rings. The number of rotatable bonds is 7. The lowest BCUT2D eigenvalue weighted by Gasteiger charge is -2.33. The third-order valence-corrected chi connectivity index (χ3v) is 6.96. The molecule has 0 amide bonds. The quantitative estimate of drug-likeness (QED) is 0.419. The fraction of sp³-hybridized carbons (Fsp3) is 0.407. The average Bonchev–Trinajstić information content (AvgIpc) is 3.62. The fourth-order valence-electron chi connectivity index (χ4n) is 5.09. The summed E-state index contributed by atoms with van der Waals surface area (Å²) in [4.78, 5) is 2.33. The van der Waals surface area contributed by atoms with Crippen molar-refractivity contribution in [3.63, 3.8) is 0 Å². The molecule has 4 heterocycles. The molecular weight excluding hydrogens is 446 g/mol. The van der Waals surface area contributed by atoms with Gasteiger partial charge in [0, 0.05) is 19.5 Å². The molecule has 1 N–H and O–H groups in total. The van der Waals surface area contributed by atoms with Crippen molar-refractivity contribution in [2.24, 2.45) is 0 Å². The largest absolute Gasteiger partial charge is 0.490 e. The molecule has 0 aliphatic carbocycles. The third-order valence-electron chi connectivity index (χ3n) is 6.96. The zero-order chi connectivity index (χ0) is 23.8. The zero-order valence-corrected chi connectivity index (χ0v) is 19.8. The van der Waals surface area contributed by atoms with Gasteiger partial charge < -0.3 is 28.3 Å². The highest BCUT2D eigenvalue weighted by Gasteiger charge is 2.24. The Balaban J connectivity index is 1.03. The minimum atomic E-state index is -0.580. The molecule has 1 saturated heterocycles. The second-order valence-corrected chi connectivity index (χ2v) is 9.47. The van der Waals surface area contributed by atoms with Gasteiger partial charge in [-0.2, -0.15) is 0 Å². The zero-order valence-electron chi connectivity index (χ0n) is 19.8. The first-order valence-corrected chi connectivity index (χ1v) is 12.2. The summed E-state index contributed by atoms with van der Waals surface area (Å²) in [5, 5.41) is 19.4. The van der Waals surface area contributed by atoms with Crippen LogP contribution in [0.2, 0.25) is 0 Å². The number of nitrogens with zero attached hydrogens (tertiary/aromatic N) is 3. The molecule has 182 valence electrons. The van der Waals surface area contributed by atoms with E-state index in [0.29, 0.717) is 41.3 Å². The number of aryl methyl sites for hydroxylation is 1. The van der Waals surface area contributed by atoms with Crippen molar-refractivity contribution in [2.75, 3.05) is 26.2 Å². The highest BCUT2D eigenvalue weighted by molar-refractivity contribution is 5.87. The first-order chi connectivity index (χ1) is 17.1. The minimum Gasteiger partial charge on any atom is -0.490 e. The molecule has 0 bridgehead atoms. The van der Waals surface area contributed by atoms with E-state index in [2.05, 4.69) is 33.3 Å². The summed E-state index contributed by atoms with van der Waals surface area (Å²) in [6.07, 6.45) is 1.61. The number of likely N-dealkylation sites (tertiary alicyclic amines) is 1. The smallest absolute Gasteiger partial charge is 0.283 e. The number of ether oxygens (including phenoxy) is 2. The predicted molar refractivity (Wildman–Crippen MR) is 129 cm³/mol. The number of furan rings is 1. The maximum absolute atomic E-state index is 10.7. The van der Waals surface area contributed by atoms with Crippen molar-refractivity contribution < 1.29 is 23.4 Å². The van der Waals surface area contributed by atoms with Crippen LogP contribution in [0.4, 0.5) is 0 Å². The van der Waals surface area contributed by atoms with Gasteiger partial charge in [0.2, 0.25) is 5.89 Å². The van der Waals surface area contributed by atoms with Crippen molar-refractivity contribution in [2.45, 2.75) is 45.0 Å². The van der Waals surface area contributed by atoms with Crippen LogP contribution in [-0.4, -0.2) is 52.5 Å². The summed E-state index contributed by atoms with van der Waals surface area (Å²) in [5.41, 5.74) is 4.75. The normalized spacial score (nSPS) is 17.7. The van der Waals surface area contributed by atoms with E-state index in [1.165, 1.54) is 16.7 Å².